The van der Waals surface area contributed by atoms with Gasteiger partial charge < -0.3 is 5.32 Å². The Morgan fingerprint density at radius 2 is 1.85 bits per heavy atom. The van der Waals surface area contributed by atoms with Gasteiger partial charge in [-0.25, -0.2) is 9.50 Å². The molecule has 0 aromatic carbocycles. The van der Waals surface area contributed by atoms with Gasteiger partial charge >= 0.3 is 6.18 Å². The van der Waals surface area contributed by atoms with Crippen LogP contribution in [-0.2, 0) is 0 Å². The zero-order valence-electron chi connectivity index (χ0n) is 15.9. The molecule has 2 aliphatic rings. The molecule has 3 heterocycles. The Labute approximate surface area is 157 Å². The number of nitrogens with zero attached hydrogens (tertiary/aromatic N) is 3. The van der Waals surface area contributed by atoms with Crippen LogP contribution in [0.2, 0.25) is 0 Å². The lowest BCUT2D eigenvalue weighted by Crippen LogP contribution is -2.35. The minimum atomic E-state index is -4.07. The molecule has 2 aromatic heterocycles. The van der Waals surface area contributed by atoms with E-state index in [1.807, 2.05) is 17.5 Å². The fourth-order valence-electron chi connectivity index (χ4n) is 4.71. The van der Waals surface area contributed by atoms with Gasteiger partial charge in [-0.3, -0.25) is 0 Å². The van der Waals surface area contributed by atoms with Crippen molar-refractivity contribution in [3.63, 3.8) is 0 Å². The highest BCUT2D eigenvalue weighted by Crippen LogP contribution is 2.42. The van der Waals surface area contributed by atoms with Gasteiger partial charge in [0.25, 0.3) is 0 Å². The van der Waals surface area contributed by atoms with E-state index in [1.54, 1.807) is 0 Å². The Kier molecular flexibility index (Phi) is 4.91. The van der Waals surface area contributed by atoms with Crippen molar-refractivity contribution in [3.05, 3.63) is 29.2 Å². The average Bonchev–Trinajstić information content (AvgIpc) is 3.05. The number of nitrogens with one attached hydrogen (secondary N) is 1. The first kappa shape index (κ1) is 18.7. The van der Waals surface area contributed by atoms with Crippen LogP contribution < -0.4 is 5.32 Å². The standard InChI is InChI=1S/C20H27F3N4/c1-12-7-8-24-11-16(12)18-9-13(2)25-19-10-17(26-27(18)19)14-3-5-15(6-4-14)20(21,22)23/h9-10,12,14-16,24H,3-8,11H2,1-2H3/t12-,14?,15?,16+/m1/s1. The second-order valence-electron chi connectivity index (χ2n) is 8.33. The molecule has 0 radical (unpaired) electrons. The highest BCUT2D eigenvalue weighted by Gasteiger charge is 2.42. The number of halogens is 3. The van der Waals surface area contributed by atoms with Crippen molar-refractivity contribution in [3.8, 4) is 0 Å². The Balaban J connectivity index is 1.62. The molecule has 0 unspecified atom stereocenters. The quantitative estimate of drug-likeness (QED) is 0.829. The number of hydrogen-bond acceptors (Lipinski definition) is 3. The lowest BCUT2D eigenvalue weighted by molar-refractivity contribution is -0.182. The van der Waals surface area contributed by atoms with Crippen LogP contribution in [-0.4, -0.2) is 33.9 Å². The van der Waals surface area contributed by atoms with Gasteiger partial charge in [0, 0.05) is 30.1 Å². The summed E-state index contributed by atoms with van der Waals surface area (Å²) in [6, 6.07) is 4.09. The lowest BCUT2D eigenvalue weighted by atomic mass is 9.80. The van der Waals surface area contributed by atoms with Crippen molar-refractivity contribution in [2.24, 2.45) is 11.8 Å². The number of rotatable bonds is 2. The molecule has 0 amide bonds. The van der Waals surface area contributed by atoms with E-state index >= 15 is 0 Å². The first-order chi connectivity index (χ1) is 12.8. The van der Waals surface area contributed by atoms with Crippen LogP contribution in [0.3, 0.4) is 0 Å². The maximum Gasteiger partial charge on any atom is 0.391 e. The summed E-state index contributed by atoms with van der Waals surface area (Å²) in [5.41, 5.74) is 3.83. The van der Waals surface area contributed by atoms with Gasteiger partial charge in [-0.2, -0.15) is 18.3 Å². The zero-order valence-corrected chi connectivity index (χ0v) is 15.9. The Bertz CT molecular complexity index is 805. The van der Waals surface area contributed by atoms with Crippen molar-refractivity contribution >= 4 is 5.65 Å². The number of piperidine rings is 1. The second kappa shape index (κ2) is 7.08. The number of aryl methyl sites for hydroxylation is 1. The summed E-state index contributed by atoms with van der Waals surface area (Å²) in [5.74, 6) is -0.126. The van der Waals surface area contributed by atoms with Crippen molar-refractivity contribution < 1.29 is 13.2 Å². The first-order valence-corrected chi connectivity index (χ1v) is 9.97. The van der Waals surface area contributed by atoms with Crippen molar-refractivity contribution in [1.29, 1.82) is 0 Å². The number of fused-ring (bicyclic) bond motifs is 1. The molecule has 1 aliphatic carbocycles. The van der Waals surface area contributed by atoms with Crippen LogP contribution >= 0.6 is 0 Å². The predicted octanol–water partition coefficient (Wildman–Crippen LogP) is 4.59. The molecule has 2 aromatic rings. The number of aromatic nitrogens is 3. The molecule has 4 rings (SSSR count). The molecule has 148 valence electrons. The van der Waals surface area contributed by atoms with Crippen LogP contribution in [0.15, 0.2) is 12.1 Å². The lowest BCUT2D eigenvalue weighted by Gasteiger charge is -2.30. The maximum absolute atomic E-state index is 12.9. The summed E-state index contributed by atoms with van der Waals surface area (Å²) in [6.07, 6.45) is -1.45. The number of alkyl halides is 3. The molecule has 1 N–H and O–H groups in total. The predicted molar refractivity (Wildman–Crippen MR) is 97.9 cm³/mol. The molecule has 1 saturated carbocycles. The monoisotopic (exact) mass is 380 g/mol. The summed E-state index contributed by atoms with van der Waals surface area (Å²) in [5, 5.41) is 8.29. The summed E-state index contributed by atoms with van der Waals surface area (Å²) >= 11 is 0. The summed E-state index contributed by atoms with van der Waals surface area (Å²) in [7, 11) is 0. The Morgan fingerprint density at radius 1 is 1.11 bits per heavy atom. The van der Waals surface area contributed by atoms with Gasteiger partial charge in [0.05, 0.1) is 17.3 Å². The maximum atomic E-state index is 12.9. The molecular weight excluding hydrogens is 353 g/mol. The number of hydrogen-bond donors (Lipinski definition) is 1. The van der Waals surface area contributed by atoms with Crippen molar-refractivity contribution in [2.75, 3.05) is 13.1 Å². The summed E-state index contributed by atoms with van der Waals surface area (Å²) in [4.78, 5) is 4.63. The topological polar surface area (TPSA) is 42.2 Å². The molecule has 2 atom stereocenters. The van der Waals surface area contributed by atoms with Crippen molar-refractivity contribution in [1.82, 2.24) is 19.9 Å². The van der Waals surface area contributed by atoms with Gasteiger partial charge in [-0.15, -0.1) is 0 Å². The molecule has 1 aliphatic heterocycles. The highest BCUT2D eigenvalue weighted by atomic mass is 19.4. The molecule has 27 heavy (non-hydrogen) atoms. The smallest absolute Gasteiger partial charge is 0.316 e. The van der Waals surface area contributed by atoms with Gasteiger partial charge in [0.15, 0.2) is 5.65 Å². The SMILES string of the molecule is Cc1cc([C@H]2CNCC[C@H]2C)n2nc(C3CCC(C(F)(F)F)CC3)cc2n1. The van der Waals surface area contributed by atoms with E-state index in [0.29, 0.717) is 24.7 Å². The van der Waals surface area contributed by atoms with E-state index in [4.69, 9.17) is 5.10 Å². The molecule has 0 bridgehead atoms. The van der Waals surface area contributed by atoms with Crippen LogP contribution in [0, 0.1) is 18.8 Å². The largest absolute Gasteiger partial charge is 0.391 e. The Morgan fingerprint density at radius 3 is 2.52 bits per heavy atom. The second-order valence-corrected chi connectivity index (χ2v) is 8.33. The van der Waals surface area contributed by atoms with Gasteiger partial charge in [-0.05, 0) is 57.6 Å². The third kappa shape index (κ3) is 3.71. The van der Waals surface area contributed by atoms with Crippen LogP contribution in [0.1, 0.15) is 67.9 Å². The van der Waals surface area contributed by atoms with Crippen LogP contribution in [0.4, 0.5) is 13.2 Å². The molecule has 7 heteroatoms. The normalized spacial score (nSPS) is 30.0. The fraction of sp³-hybridized carbons (Fsp3) is 0.700. The minimum Gasteiger partial charge on any atom is -0.316 e. The molecule has 2 fully saturated rings. The van der Waals surface area contributed by atoms with Crippen LogP contribution in [0.25, 0.3) is 5.65 Å². The third-order valence-corrected chi connectivity index (χ3v) is 6.42. The van der Waals surface area contributed by atoms with E-state index in [0.717, 1.165) is 42.2 Å². The fourth-order valence-corrected chi connectivity index (χ4v) is 4.71. The van der Waals surface area contributed by atoms with E-state index in [2.05, 4.69) is 23.3 Å². The van der Waals surface area contributed by atoms with E-state index in [1.165, 1.54) is 0 Å². The van der Waals surface area contributed by atoms with Gasteiger partial charge in [0.1, 0.15) is 0 Å². The van der Waals surface area contributed by atoms with E-state index in [9.17, 15) is 13.2 Å². The molecular formula is C20H27F3N4. The third-order valence-electron chi connectivity index (χ3n) is 6.42. The van der Waals surface area contributed by atoms with E-state index < -0.39 is 12.1 Å². The molecule has 0 spiro atoms. The molecule has 4 nitrogen and oxygen atoms in total. The average molecular weight is 380 g/mol. The van der Waals surface area contributed by atoms with E-state index in [-0.39, 0.29) is 18.8 Å². The molecule has 1 saturated heterocycles. The minimum absolute atomic E-state index is 0.0976. The van der Waals surface area contributed by atoms with Gasteiger partial charge in [-0.1, -0.05) is 6.92 Å². The summed E-state index contributed by atoms with van der Waals surface area (Å²) in [6.45, 7) is 6.23. The van der Waals surface area contributed by atoms with Crippen molar-refractivity contribution in [2.45, 2.75) is 64.0 Å². The summed E-state index contributed by atoms with van der Waals surface area (Å²) < 4.78 is 40.8. The first-order valence-electron chi connectivity index (χ1n) is 9.97. The Hall–Kier alpha value is -1.63. The highest BCUT2D eigenvalue weighted by molar-refractivity contribution is 5.43. The zero-order chi connectivity index (χ0) is 19.2. The van der Waals surface area contributed by atoms with Gasteiger partial charge in [0.2, 0.25) is 0 Å². The van der Waals surface area contributed by atoms with Crippen LogP contribution in [0.5, 0.6) is 0 Å².